The molecule has 0 bridgehead atoms. The summed E-state index contributed by atoms with van der Waals surface area (Å²) in [4.78, 5) is 0. The van der Waals surface area contributed by atoms with Crippen molar-refractivity contribution in [3.05, 3.63) is 11.6 Å². The molecule has 0 aromatic carbocycles. The fraction of sp³-hybridized carbons (Fsp3) is 0.882. The fourth-order valence-corrected chi connectivity index (χ4v) is 2.21. The van der Waals surface area contributed by atoms with Crippen LogP contribution in [0.5, 0.6) is 0 Å². The monoisotopic (exact) mass is 238 g/mol. The Balaban J connectivity index is 3.60. The van der Waals surface area contributed by atoms with Crippen LogP contribution in [0.15, 0.2) is 11.6 Å². The minimum Gasteiger partial charge on any atom is -0.0853 e. The van der Waals surface area contributed by atoms with Crippen LogP contribution in [-0.4, -0.2) is 0 Å². The second-order valence-corrected chi connectivity index (χ2v) is 5.27. The molecule has 0 aliphatic heterocycles. The van der Waals surface area contributed by atoms with Crippen molar-refractivity contribution in [1.29, 1.82) is 0 Å². The van der Waals surface area contributed by atoms with Gasteiger partial charge in [-0.05, 0) is 32.1 Å². The van der Waals surface area contributed by atoms with Gasteiger partial charge in [-0.25, -0.2) is 0 Å². The lowest BCUT2D eigenvalue weighted by Crippen LogP contribution is -1.87. The van der Waals surface area contributed by atoms with Crippen molar-refractivity contribution in [3.8, 4) is 0 Å². The van der Waals surface area contributed by atoms with Crippen LogP contribution in [0, 0.1) is 0 Å². The highest BCUT2D eigenvalue weighted by atomic mass is 14.0. The minimum absolute atomic E-state index is 1.29. The molecule has 0 fully saturated rings. The average molecular weight is 238 g/mol. The number of rotatable bonds is 12. The SMILES string of the molecule is CCC/C=C(\CCCC)CCCCCCCC. The Labute approximate surface area is 110 Å². The number of allylic oxidation sites excluding steroid dienone is 2. The molecular formula is C17H34. The molecule has 17 heavy (non-hydrogen) atoms. The van der Waals surface area contributed by atoms with Crippen molar-refractivity contribution < 1.29 is 0 Å². The summed E-state index contributed by atoms with van der Waals surface area (Å²) in [7, 11) is 0. The van der Waals surface area contributed by atoms with Gasteiger partial charge in [0.25, 0.3) is 0 Å². The molecule has 0 N–H and O–H groups in total. The molecule has 0 aromatic rings. The maximum atomic E-state index is 2.52. The maximum Gasteiger partial charge on any atom is -0.0320 e. The summed E-state index contributed by atoms with van der Waals surface area (Å²) in [6.07, 6.45) is 19.1. The Hall–Kier alpha value is -0.260. The Bertz CT molecular complexity index is 167. The van der Waals surface area contributed by atoms with E-state index in [1.54, 1.807) is 5.57 Å². The molecular weight excluding hydrogens is 204 g/mol. The summed E-state index contributed by atoms with van der Waals surface area (Å²) >= 11 is 0. The third-order valence-corrected chi connectivity index (χ3v) is 3.42. The summed E-state index contributed by atoms with van der Waals surface area (Å²) in [6, 6.07) is 0. The van der Waals surface area contributed by atoms with E-state index in [0.717, 1.165) is 0 Å². The van der Waals surface area contributed by atoms with Crippen LogP contribution in [0.3, 0.4) is 0 Å². The van der Waals surface area contributed by atoms with E-state index in [1.165, 1.54) is 77.0 Å². The van der Waals surface area contributed by atoms with Gasteiger partial charge in [-0.2, -0.15) is 0 Å². The maximum absolute atomic E-state index is 2.52. The fourth-order valence-electron chi connectivity index (χ4n) is 2.21. The number of hydrogen-bond acceptors (Lipinski definition) is 0. The Morgan fingerprint density at radius 1 is 0.647 bits per heavy atom. The van der Waals surface area contributed by atoms with E-state index in [4.69, 9.17) is 0 Å². The summed E-state index contributed by atoms with van der Waals surface area (Å²) in [5, 5.41) is 0. The van der Waals surface area contributed by atoms with Crippen molar-refractivity contribution in [2.24, 2.45) is 0 Å². The zero-order valence-electron chi connectivity index (χ0n) is 12.6. The van der Waals surface area contributed by atoms with Gasteiger partial charge < -0.3 is 0 Å². The lowest BCUT2D eigenvalue weighted by molar-refractivity contribution is 0.598. The van der Waals surface area contributed by atoms with Crippen LogP contribution in [0.1, 0.15) is 97.8 Å². The van der Waals surface area contributed by atoms with Gasteiger partial charge in [0.2, 0.25) is 0 Å². The Morgan fingerprint density at radius 3 is 1.88 bits per heavy atom. The molecule has 0 unspecified atom stereocenters. The van der Waals surface area contributed by atoms with Crippen LogP contribution in [0.25, 0.3) is 0 Å². The normalized spacial score (nSPS) is 12.1. The van der Waals surface area contributed by atoms with Gasteiger partial charge in [-0.1, -0.05) is 77.4 Å². The quantitative estimate of drug-likeness (QED) is 0.263. The van der Waals surface area contributed by atoms with E-state index in [9.17, 15) is 0 Å². The Kier molecular flexibility index (Phi) is 13.6. The topological polar surface area (TPSA) is 0 Å². The zero-order chi connectivity index (χ0) is 12.8. The molecule has 0 saturated heterocycles. The number of unbranched alkanes of at least 4 members (excludes halogenated alkanes) is 7. The first-order valence-corrected chi connectivity index (χ1v) is 8.03. The van der Waals surface area contributed by atoms with E-state index in [1.807, 2.05) is 0 Å². The molecule has 0 radical (unpaired) electrons. The molecule has 0 nitrogen and oxygen atoms in total. The third kappa shape index (κ3) is 12.0. The van der Waals surface area contributed by atoms with E-state index in [2.05, 4.69) is 26.8 Å². The van der Waals surface area contributed by atoms with Crippen LogP contribution < -0.4 is 0 Å². The van der Waals surface area contributed by atoms with Crippen molar-refractivity contribution in [1.82, 2.24) is 0 Å². The van der Waals surface area contributed by atoms with Gasteiger partial charge in [-0.3, -0.25) is 0 Å². The highest BCUT2D eigenvalue weighted by Gasteiger charge is 1.98. The second kappa shape index (κ2) is 13.8. The molecule has 0 aliphatic rings. The molecule has 0 spiro atoms. The van der Waals surface area contributed by atoms with Crippen molar-refractivity contribution in [2.75, 3.05) is 0 Å². The van der Waals surface area contributed by atoms with E-state index in [-0.39, 0.29) is 0 Å². The van der Waals surface area contributed by atoms with Gasteiger partial charge in [0.1, 0.15) is 0 Å². The highest BCUT2D eigenvalue weighted by Crippen LogP contribution is 2.17. The first-order chi connectivity index (χ1) is 8.35. The van der Waals surface area contributed by atoms with E-state index in [0.29, 0.717) is 0 Å². The molecule has 0 atom stereocenters. The predicted molar refractivity (Wildman–Crippen MR) is 80.5 cm³/mol. The first-order valence-electron chi connectivity index (χ1n) is 8.03. The summed E-state index contributed by atoms with van der Waals surface area (Å²) in [5.74, 6) is 0. The van der Waals surface area contributed by atoms with Gasteiger partial charge in [-0.15, -0.1) is 0 Å². The smallest absolute Gasteiger partial charge is 0.0320 e. The first kappa shape index (κ1) is 16.7. The molecule has 0 heterocycles. The Morgan fingerprint density at radius 2 is 1.24 bits per heavy atom. The summed E-state index contributed by atoms with van der Waals surface area (Å²) in [5.41, 5.74) is 1.74. The molecule has 0 aliphatic carbocycles. The van der Waals surface area contributed by atoms with Crippen molar-refractivity contribution in [2.45, 2.75) is 97.8 Å². The van der Waals surface area contributed by atoms with Gasteiger partial charge in [0, 0.05) is 0 Å². The second-order valence-electron chi connectivity index (χ2n) is 5.27. The van der Waals surface area contributed by atoms with E-state index < -0.39 is 0 Å². The van der Waals surface area contributed by atoms with Gasteiger partial charge >= 0.3 is 0 Å². The molecule has 0 saturated carbocycles. The van der Waals surface area contributed by atoms with E-state index >= 15 is 0 Å². The lowest BCUT2D eigenvalue weighted by Gasteiger charge is -2.07. The average Bonchev–Trinajstić information content (AvgIpc) is 2.35. The summed E-state index contributed by atoms with van der Waals surface area (Å²) in [6.45, 7) is 6.86. The van der Waals surface area contributed by atoms with Gasteiger partial charge in [0.15, 0.2) is 0 Å². The van der Waals surface area contributed by atoms with Crippen molar-refractivity contribution >= 4 is 0 Å². The number of hydrogen-bond donors (Lipinski definition) is 0. The zero-order valence-corrected chi connectivity index (χ0v) is 12.6. The lowest BCUT2D eigenvalue weighted by atomic mass is 9.99. The predicted octanol–water partition coefficient (Wildman–Crippen LogP) is 6.65. The minimum atomic E-state index is 1.29. The van der Waals surface area contributed by atoms with Crippen LogP contribution in [0.4, 0.5) is 0 Å². The molecule has 0 rings (SSSR count). The van der Waals surface area contributed by atoms with Crippen molar-refractivity contribution in [3.63, 3.8) is 0 Å². The van der Waals surface area contributed by atoms with Gasteiger partial charge in [0.05, 0.1) is 0 Å². The van der Waals surface area contributed by atoms with Crippen LogP contribution in [-0.2, 0) is 0 Å². The largest absolute Gasteiger partial charge is 0.0853 e. The highest BCUT2D eigenvalue weighted by molar-refractivity contribution is 5.01. The summed E-state index contributed by atoms with van der Waals surface area (Å²) < 4.78 is 0. The molecule has 102 valence electrons. The molecule has 0 amide bonds. The van der Waals surface area contributed by atoms with Crippen LogP contribution >= 0.6 is 0 Å². The van der Waals surface area contributed by atoms with Crippen LogP contribution in [0.2, 0.25) is 0 Å². The standard InChI is InChI=1S/C17H34/c1-4-7-10-11-12-13-16-17(14-8-5-2)15-9-6-3/h14H,4-13,15-16H2,1-3H3/b17-14+. The third-order valence-electron chi connectivity index (χ3n) is 3.42. The molecule has 0 heteroatoms. The molecule has 0 aromatic heterocycles.